The van der Waals surface area contributed by atoms with Gasteiger partial charge in [-0.05, 0) is 24.0 Å². The van der Waals surface area contributed by atoms with Gasteiger partial charge in [0.25, 0.3) is 0 Å². The molecule has 0 radical (unpaired) electrons. The summed E-state index contributed by atoms with van der Waals surface area (Å²) in [7, 11) is 1.89. The van der Waals surface area contributed by atoms with Gasteiger partial charge in [0.1, 0.15) is 0 Å². The molecule has 1 saturated carbocycles. The molecule has 0 unspecified atom stereocenters. The van der Waals surface area contributed by atoms with E-state index >= 15 is 0 Å². The summed E-state index contributed by atoms with van der Waals surface area (Å²) in [5, 5.41) is 7.19. The maximum Gasteiger partial charge on any atom is 0.220 e. The highest BCUT2D eigenvalue weighted by molar-refractivity contribution is 5.75. The number of pyridine rings is 1. The third-order valence-corrected chi connectivity index (χ3v) is 4.58. The molecule has 2 aromatic rings. The molecule has 3 rings (SSSR count). The zero-order chi connectivity index (χ0) is 16.1. The molecule has 0 aromatic carbocycles. The van der Waals surface area contributed by atoms with Gasteiger partial charge in [0.2, 0.25) is 5.91 Å². The van der Waals surface area contributed by atoms with Crippen molar-refractivity contribution in [2.24, 2.45) is 13.0 Å². The number of hydrogen-bond donors (Lipinski definition) is 1. The van der Waals surface area contributed by atoms with Gasteiger partial charge in [0, 0.05) is 49.7 Å². The van der Waals surface area contributed by atoms with Crippen molar-refractivity contribution in [3.05, 3.63) is 36.4 Å². The Morgan fingerprint density at radius 3 is 2.83 bits per heavy atom. The molecule has 0 saturated heterocycles. The molecule has 5 heteroatoms. The summed E-state index contributed by atoms with van der Waals surface area (Å²) in [5.74, 6) is 0.903. The van der Waals surface area contributed by atoms with Crippen LogP contribution in [0.3, 0.4) is 0 Å². The number of aromatic nitrogens is 3. The zero-order valence-electron chi connectivity index (χ0n) is 13.7. The van der Waals surface area contributed by atoms with Crippen molar-refractivity contribution in [2.45, 2.75) is 45.1 Å². The Hall–Kier alpha value is -2.17. The first-order valence-corrected chi connectivity index (χ1v) is 8.40. The Balaban J connectivity index is 1.50. The van der Waals surface area contributed by atoms with Crippen molar-refractivity contribution in [1.29, 1.82) is 0 Å². The van der Waals surface area contributed by atoms with Crippen molar-refractivity contribution >= 4 is 5.91 Å². The van der Waals surface area contributed by atoms with Crippen LogP contribution in [-0.2, 0) is 18.4 Å². The van der Waals surface area contributed by atoms with Crippen molar-refractivity contribution in [3.63, 3.8) is 0 Å². The summed E-state index contributed by atoms with van der Waals surface area (Å²) in [6.45, 7) is 0.532. The highest BCUT2D eigenvalue weighted by atomic mass is 16.1. The molecular formula is C18H24N4O. The fourth-order valence-corrected chi connectivity index (χ4v) is 3.24. The highest BCUT2D eigenvalue weighted by Crippen LogP contribution is 2.28. The Kier molecular flexibility index (Phi) is 5.05. The number of aryl methyl sites for hydroxylation is 1. The second kappa shape index (κ2) is 7.40. The van der Waals surface area contributed by atoms with Gasteiger partial charge in [0.05, 0.1) is 6.20 Å². The lowest BCUT2D eigenvalue weighted by atomic mass is 10.0. The summed E-state index contributed by atoms with van der Waals surface area (Å²) >= 11 is 0. The van der Waals surface area contributed by atoms with Gasteiger partial charge in [-0.25, -0.2) is 0 Å². The number of rotatable bonds is 6. The van der Waals surface area contributed by atoms with Crippen molar-refractivity contribution in [2.75, 3.05) is 0 Å². The van der Waals surface area contributed by atoms with Crippen LogP contribution in [0.2, 0.25) is 0 Å². The molecule has 5 nitrogen and oxygen atoms in total. The second-order valence-corrected chi connectivity index (χ2v) is 6.45. The van der Waals surface area contributed by atoms with Crippen LogP contribution in [0, 0.1) is 5.92 Å². The number of nitrogens with one attached hydrogen (secondary N) is 1. The molecule has 0 aliphatic heterocycles. The van der Waals surface area contributed by atoms with E-state index in [4.69, 9.17) is 0 Å². The van der Waals surface area contributed by atoms with Crippen LogP contribution in [0.25, 0.3) is 11.1 Å². The fraction of sp³-hybridized carbons (Fsp3) is 0.500. The van der Waals surface area contributed by atoms with E-state index in [1.54, 1.807) is 10.9 Å². The normalized spacial score (nSPS) is 15.0. The minimum absolute atomic E-state index is 0.142. The van der Waals surface area contributed by atoms with Crippen molar-refractivity contribution < 1.29 is 4.79 Å². The van der Waals surface area contributed by atoms with Crippen LogP contribution >= 0.6 is 0 Å². The lowest BCUT2D eigenvalue weighted by molar-refractivity contribution is -0.121. The molecule has 1 aliphatic rings. The second-order valence-electron chi connectivity index (χ2n) is 6.45. The molecule has 1 aliphatic carbocycles. The van der Waals surface area contributed by atoms with E-state index < -0.39 is 0 Å². The first-order valence-electron chi connectivity index (χ1n) is 8.40. The lowest BCUT2D eigenvalue weighted by Crippen LogP contribution is -2.23. The summed E-state index contributed by atoms with van der Waals surface area (Å²) in [6, 6.07) is 2.06. The van der Waals surface area contributed by atoms with Crippen molar-refractivity contribution in [3.8, 4) is 11.1 Å². The lowest BCUT2D eigenvalue weighted by Gasteiger charge is -2.09. The van der Waals surface area contributed by atoms with Crippen LogP contribution < -0.4 is 5.32 Å². The monoisotopic (exact) mass is 312 g/mol. The molecule has 0 bridgehead atoms. The third kappa shape index (κ3) is 4.41. The molecule has 1 N–H and O–H groups in total. The van der Waals surface area contributed by atoms with Crippen LogP contribution in [0.4, 0.5) is 0 Å². The number of amides is 1. The van der Waals surface area contributed by atoms with E-state index in [1.807, 2.05) is 25.6 Å². The Morgan fingerprint density at radius 2 is 2.09 bits per heavy atom. The third-order valence-electron chi connectivity index (χ3n) is 4.58. The van der Waals surface area contributed by atoms with E-state index in [-0.39, 0.29) is 5.91 Å². The number of carbonyl (C=O) groups is 1. The maximum atomic E-state index is 12.0. The Bertz CT molecular complexity index is 659. The van der Waals surface area contributed by atoms with Gasteiger partial charge in [-0.15, -0.1) is 0 Å². The molecule has 0 spiro atoms. The van der Waals surface area contributed by atoms with E-state index in [0.29, 0.717) is 13.0 Å². The molecule has 23 heavy (non-hydrogen) atoms. The first-order chi connectivity index (χ1) is 11.2. The van der Waals surface area contributed by atoms with Gasteiger partial charge >= 0.3 is 0 Å². The average molecular weight is 312 g/mol. The summed E-state index contributed by atoms with van der Waals surface area (Å²) in [5.41, 5.74) is 3.07. The maximum absolute atomic E-state index is 12.0. The zero-order valence-corrected chi connectivity index (χ0v) is 13.7. The predicted octanol–water partition coefficient (Wildman–Crippen LogP) is 3.07. The number of nitrogens with zero attached hydrogens (tertiary/aromatic N) is 3. The summed E-state index contributed by atoms with van der Waals surface area (Å²) in [4.78, 5) is 16.3. The van der Waals surface area contributed by atoms with Crippen LogP contribution in [-0.4, -0.2) is 20.7 Å². The SMILES string of the molecule is Cn1cc(-c2cncc(CNC(=O)CCC3CCCC3)c2)cn1. The largest absolute Gasteiger partial charge is 0.352 e. The minimum atomic E-state index is 0.142. The minimum Gasteiger partial charge on any atom is -0.352 e. The fourth-order valence-electron chi connectivity index (χ4n) is 3.24. The Morgan fingerprint density at radius 1 is 1.26 bits per heavy atom. The van der Waals surface area contributed by atoms with Crippen LogP contribution in [0.15, 0.2) is 30.9 Å². The quantitative estimate of drug-likeness (QED) is 0.891. The molecule has 122 valence electrons. The van der Waals surface area contributed by atoms with Crippen LogP contribution in [0.1, 0.15) is 44.1 Å². The number of hydrogen-bond acceptors (Lipinski definition) is 3. The van der Waals surface area contributed by atoms with Crippen molar-refractivity contribution in [1.82, 2.24) is 20.1 Å². The van der Waals surface area contributed by atoms with Gasteiger partial charge in [-0.2, -0.15) is 5.10 Å². The van der Waals surface area contributed by atoms with Crippen LogP contribution in [0.5, 0.6) is 0 Å². The van der Waals surface area contributed by atoms with Gasteiger partial charge in [0.15, 0.2) is 0 Å². The smallest absolute Gasteiger partial charge is 0.220 e. The highest BCUT2D eigenvalue weighted by Gasteiger charge is 2.16. The Labute approximate surface area is 137 Å². The van der Waals surface area contributed by atoms with E-state index in [0.717, 1.165) is 29.0 Å². The van der Waals surface area contributed by atoms with E-state index in [9.17, 15) is 4.79 Å². The van der Waals surface area contributed by atoms with Gasteiger partial charge < -0.3 is 5.32 Å². The molecular weight excluding hydrogens is 288 g/mol. The van der Waals surface area contributed by atoms with Gasteiger partial charge in [-0.3, -0.25) is 14.5 Å². The molecule has 1 fully saturated rings. The number of carbonyl (C=O) groups excluding carboxylic acids is 1. The van der Waals surface area contributed by atoms with Gasteiger partial charge in [-0.1, -0.05) is 25.7 Å². The average Bonchev–Trinajstić information content (AvgIpc) is 3.23. The molecule has 2 heterocycles. The summed E-state index contributed by atoms with van der Waals surface area (Å²) < 4.78 is 1.77. The molecule has 1 amide bonds. The van der Waals surface area contributed by atoms with E-state index in [2.05, 4.69) is 21.5 Å². The first kappa shape index (κ1) is 15.7. The molecule has 0 atom stereocenters. The molecule has 2 aromatic heterocycles. The standard InChI is InChI=1S/C18H24N4O/c1-22-13-17(12-21-22)16-8-15(9-19-11-16)10-20-18(23)7-6-14-4-2-3-5-14/h8-9,11-14H,2-7,10H2,1H3,(H,20,23). The van der Waals surface area contributed by atoms with E-state index in [1.165, 1.54) is 25.7 Å². The predicted molar refractivity (Wildman–Crippen MR) is 89.5 cm³/mol. The summed E-state index contributed by atoms with van der Waals surface area (Å²) in [6.07, 6.45) is 14.3. The topological polar surface area (TPSA) is 59.8 Å².